The number of piperidine rings is 1. The number of likely N-dealkylation sites (tertiary alicyclic amines) is 1. The summed E-state index contributed by atoms with van der Waals surface area (Å²) in [5.74, 6) is 0. The van der Waals surface area contributed by atoms with Crippen molar-refractivity contribution in [3.63, 3.8) is 0 Å². The summed E-state index contributed by atoms with van der Waals surface area (Å²) in [6.07, 6.45) is 2.27. The van der Waals surface area contributed by atoms with Gasteiger partial charge < -0.3 is 26.0 Å². The molecule has 0 radical (unpaired) electrons. The molecule has 0 amide bonds. The summed E-state index contributed by atoms with van der Waals surface area (Å²) >= 11 is 0. The fraction of sp³-hybridized carbons (Fsp3) is 1.00. The Morgan fingerprint density at radius 1 is 1.24 bits per heavy atom. The Balaban J connectivity index is 1.38. The monoisotopic (exact) mass is 242 g/mol. The van der Waals surface area contributed by atoms with E-state index in [1.807, 2.05) is 0 Å². The van der Waals surface area contributed by atoms with Crippen LogP contribution in [0.1, 0.15) is 12.8 Å². The molecule has 2 rings (SSSR count). The molecule has 0 atom stereocenters. The SMILES string of the molecule is NC1CCN(CCOCCNC2CNC2)CC1. The van der Waals surface area contributed by atoms with Crippen molar-refractivity contribution in [1.82, 2.24) is 15.5 Å². The Morgan fingerprint density at radius 2 is 2.00 bits per heavy atom. The van der Waals surface area contributed by atoms with Crippen LogP contribution in [0, 0.1) is 0 Å². The standard InChI is InChI=1S/C12H26N4O/c13-11-1-4-16(5-2-11)6-8-17-7-3-15-12-9-14-10-12/h11-12,14-15H,1-10,13H2. The van der Waals surface area contributed by atoms with Crippen LogP contribution in [0.25, 0.3) is 0 Å². The second-order valence-corrected chi connectivity index (χ2v) is 5.10. The average molecular weight is 242 g/mol. The van der Waals surface area contributed by atoms with Crippen molar-refractivity contribution >= 4 is 0 Å². The van der Waals surface area contributed by atoms with E-state index in [1.54, 1.807) is 0 Å². The second kappa shape index (κ2) is 7.28. The molecular formula is C12H26N4O. The molecule has 2 aliphatic rings. The van der Waals surface area contributed by atoms with Gasteiger partial charge in [0.15, 0.2) is 0 Å². The molecule has 5 heteroatoms. The van der Waals surface area contributed by atoms with Gasteiger partial charge in [0, 0.05) is 38.3 Å². The number of nitrogens with two attached hydrogens (primary N) is 1. The summed E-state index contributed by atoms with van der Waals surface area (Å²) in [7, 11) is 0. The molecule has 2 saturated heterocycles. The molecule has 2 fully saturated rings. The van der Waals surface area contributed by atoms with Crippen LogP contribution in [-0.4, -0.2) is 69.5 Å². The zero-order valence-electron chi connectivity index (χ0n) is 10.7. The number of nitrogens with zero attached hydrogens (tertiary/aromatic N) is 1. The van der Waals surface area contributed by atoms with Gasteiger partial charge in [-0.3, -0.25) is 0 Å². The predicted octanol–water partition coefficient (Wildman–Crippen LogP) is -1.01. The maximum Gasteiger partial charge on any atom is 0.0594 e. The van der Waals surface area contributed by atoms with Crippen LogP contribution in [0.4, 0.5) is 0 Å². The van der Waals surface area contributed by atoms with Gasteiger partial charge in [-0.2, -0.15) is 0 Å². The molecule has 0 aromatic rings. The van der Waals surface area contributed by atoms with E-state index in [0.29, 0.717) is 12.1 Å². The molecule has 2 aliphatic heterocycles. The highest BCUT2D eigenvalue weighted by atomic mass is 16.5. The van der Waals surface area contributed by atoms with Crippen LogP contribution in [-0.2, 0) is 4.74 Å². The maximum absolute atomic E-state index is 5.87. The zero-order chi connectivity index (χ0) is 11.9. The number of nitrogens with one attached hydrogen (secondary N) is 2. The molecule has 0 spiro atoms. The van der Waals surface area contributed by atoms with Gasteiger partial charge in [0.2, 0.25) is 0 Å². The number of hydrogen-bond acceptors (Lipinski definition) is 5. The molecular weight excluding hydrogens is 216 g/mol. The van der Waals surface area contributed by atoms with Crippen molar-refractivity contribution in [3.05, 3.63) is 0 Å². The van der Waals surface area contributed by atoms with E-state index >= 15 is 0 Å². The Bertz CT molecular complexity index is 203. The summed E-state index contributed by atoms with van der Waals surface area (Å²) in [5.41, 5.74) is 5.87. The van der Waals surface area contributed by atoms with Gasteiger partial charge in [0.1, 0.15) is 0 Å². The molecule has 4 N–H and O–H groups in total. The van der Waals surface area contributed by atoms with Crippen molar-refractivity contribution in [2.45, 2.75) is 24.9 Å². The minimum atomic E-state index is 0.424. The third-order valence-corrected chi connectivity index (χ3v) is 3.64. The number of rotatable bonds is 7. The van der Waals surface area contributed by atoms with Crippen molar-refractivity contribution in [3.8, 4) is 0 Å². The third-order valence-electron chi connectivity index (χ3n) is 3.64. The van der Waals surface area contributed by atoms with Crippen LogP contribution >= 0.6 is 0 Å². The Kier molecular flexibility index (Phi) is 5.67. The van der Waals surface area contributed by atoms with Crippen LogP contribution in [0.3, 0.4) is 0 Å². The van der Waals surface area contributed by atoms with E-state index in [4.69, 9.17) is 10.5 Å². The molecule has 0 bridgehead atoms. The van der Waals surface area contributed by atoms with Crippen molar-refractivity contribution in [1.29, 1.82) is 0 Å². The van der Waals surface area contributed by atoms with Crippen LogP contribution in [0.2, 0.25) is 0 Å². The molecule has 2 heterocycles. The van der Waals surface area contributed by atoms with Gasteiger partial charge in [0.25, 0.3) is 0 Å². The number of hydrogen-bond donors (Lipinski definition) is 3. The Morgan fingerprint density at radius 3 is 2.65 bits per heavy atom. The Labute approximate surface area is 104 Å². The molecule has 0 aromatic carbocycles. The molecule has 0 aliphatic carbocycles. The predicted molar refractivity (Wildman–Crippen MR) is 69.1 cm³/mol. The summed E-state index contributed by atoms with van der Waals surface area (Å²) < 4.78 is 5.63. The van der Waals surface area contributed by atoms with Crippen molar-refractivity contribution in [2.75, 3.05) is 52.5 Å². The molecule has 0 saturated carbocycles. The topological polar surface area (TPSA) is 62.5 Å². The highest BCUT2D eigenvalue weighted by Crippen LogP contribution is 2.07. The second-order valence-electron chi connectivity index (χ2n) is 5.10. The van der Waals surface area contributed by atoms with Gasteiger partial charge in [0.05, 0.1) is 13.2 Å². The lowest BCUT2D eigenvalue weighted by Crippen LogP contribution is -2.55. The maximum atomic E-state index is 5.87. The van der Waals surface area contributed by atoms with E-state index in [1.165, 1.54) is 0 Å². The van der Waals surface area contributed by atoms with Gasteiger partial charge >= 0.3 is 0 Å². The van der Waals surface area contributed by atoms with Crippen LogP contribution in [0.5, 0.6) is 0 Å². The van der Waals surface area contributed by atoms with Crippen molar-refractivity contribution in [2.24, 2.45) is 5.73 Å². The summed E-state index contributed by atoms with van der Waals surface area (Å²) in [4.78, 5) is 2.45. The van der Waals surface area contributed by atoms with Crippen LogP contribution < -0.4 is 16.4 Å². The molecule has 5 nitrogen and oxygen atoms in total. The van der Waals surface area contributed by atoms with Gasteiger partial charge in [-0.1, -0.05) is 0 Å². The lowest BCUT2D eigenvalue weighted by Gasteiger charge is -2.30. The lowest BCUT2D eigenvalue weighted by atomic mass is 10.1. The van der Waals surface area contributed by atoms with Crippen molar-refractivity contribution < 1.29 is 4.74 Å². The fourth-order valence-electron chi connectivity index (χ4n) is 2.24. The summed E-state index contributed by atoms with van der Waals surface area (Å²) in [6, 6.07) is 1.09. The lowest BCUT2D eigenvalue weighted by molar-refractivity contribution is 0.0932. The summed E-state index contributed by atoms with van der Waals surface area (Å²) in [5, 5.41) is 6.69. The minimum Gasteiger partial charge on any atom is -0.379 e. The largest absolute Gasteiger partial charge is 0.379 e. The zero-order valence-corrected chi connectivity index (χ0v) is 10.7. The third kappa shape index (κ3) is 4.89. The quantitative estimate of drug-likeness (QED) is 0.499. The first kappa shape index (κ1) is 13.2. The van der Waals surface area contributed by atoms with E-state index in [2.05, 4.69) is 15.5 Å². The highest BCUT2D eigenvalue weighted by molar-refractivity contribution is 4.81. The first-order chi connectivity index (χ1) is 8.34. The Hall–Kier alpha value is -0.200. The van der Waals surface area contributed by atoms with Gasteiger partial charge in [-0.25, -0.2) is 0 Å². The molecule has 0 aromatic heterocycles. The molecule has 0 unspecified atom stereocenters. The van der Waals surface area contributed by atoms with E-state index in [9.17, 15) is 0 Å². The first-order valence-electron chi connectivity index (χ1n) is 6.84. The molecule has 100 valence electrons. The minimum absolute atomic E-state index is 0.424. The van der Waals surface area contributed by atoms with E-state index in [0.717, 1.165) is 65.3 Å². The smallest absolute Gasteiger partial charge is 0.0594 e. The average Bonchev–Trinajstić information content (AvgIpc) is 2.28. The van der Waals surface area contributed by atoms with E-state index < -0.39 is 0 Å². The fourth-order valence-corrected chi connectivity index (χ4v) is 2.24. The van der Waals surface area contributed by atoms with Gasteiger partial charge in [-0.05, 0) is 25.9 Å². The summed E-state index contributed by atoms with van der Waals surface area (Å²) in [6.45, 7) is 8.17. The van der Waals surface area contributed by atoms with Gasteiger partial charge in [-0.15, -0.1) is 0 Å². The number of ether oxygens (including phenoxy) is 1. The normalized spacial score (nSPS) is 23.8. The van der Waals surface area contributed by atoms with E-state index in [-0.39, 0.29) is 0 Å². The molecule has 17 heavy (non-hydrogen) atoms. The highest BCUT2D eigenvalue weighted by Gasteiger charge is 2.16. The first-order valence-corrected chi connectivity index (χ1v) is 6.84. The van der Waals surface area contributed by atoms with Crippen LogP contribution in [0.15, 0.2) is 0 Å².